The first-order chi connectivity index (χ1) is 13.0. The van der Waals surface area contributed by atoms with E-state index in [4.69, 9.17) is 15.7 Å². The smallest absolute Gasteiger partial charge is 0.170 e. The van der Waals surface area contributed by atoms with Gasteiger partial charge in [-0.15, -0.1) is 0 Å². The molecule has 0 amide bonds. The van der Waals surface area contributed by atoms with Crippen molar-refractivity contribution in [1.29, 1.82) is 0 Å². The summed E-state index contributed by atoms with van der Waals surface area (Å²) in [4.78, 5) is 0. The van der Waals surface area contributed by atoms with Gasteiger partial charge < -0.3 is 25.9 Å². The van der Waals surface area contributed by atoms with Crippen molar-refractivity contribution in [2.45, 2.75) is 44.5 Å². The molecule has 6 heteroatoms. The molecule has 0 aromatic heterocycles. The highest BCUT2D eigenvalue weighted by Crippen LogP contribution is 2.32. The van der Waals surface area contributed by atoms with Crippen LogP contribution in [0.15, 0.2) is 47.6 Å². The fourth-order valence-electron chi connectivity index (χ4n) is 3.48. The molecular weight excluding hydrogens is 344 g/mol. The molecular formula is C21H26N2O4. The zero-order valence-corrected chi connectivity index (χ0v) is 15.4. The lowest BCUT2D eigenvalue weighted by molar-refractivity contribution is -0.113. The molecule has 0 aliphatic carbocycles. The fourth-order valence-corrected chi connectivity index (χ4v) is 3.48. The lowest BCUT2D eigenvalue weighted by atomic mass is 9.92. The number of hydrogen-bond acceptors (Lipinski definition) is 5. The van der Waals surface area contributed by atoms with E-state index in [-0.39, 0.29) is 24.7 Å². The first-order valence-electron chi connectivity index (χ1n) is 9.10. The number of benzene rings is 2. The maximum absolute atomic E-state index is 10.1. The SMILES string of the molecule is Cc1ccc(C2CC(O)CC(CO)O2)cc1Cc1ccc(/C(N)=N/O)cc1. The number of nitrogens with two attached hydrogens (primary N) is 1. The average Bonchev–Trinajstić information content (AvgIpc) is 2.69. The van der Waals surface area contributed by atoms with Crippen molar-refractivity contribution in [2.75, 3.05) is 6.61 Å². The second kappa shape index (κ2) is 8.52. The maximum atomic E-state index is 10.1. The normalized spacial score (nSPS) is 23.4. The molecule has 0 saturated carbocycles. The minimum atomic E-state index is -0.461. The Morgan fingerprint density at radius 2 is 1.93 bits per heavy atom. The van der Waals surface area contributed by atoms with Crippen molar-refractivity contribution >= 4 is 5.84 Å². The molecule has 0 spiro atoms. The Morgan fingerprint density at radius 3 is 2.59 bits per heavy atom. The van der Waals surface area contributed by atoms with Gasteiger partial charge in [0.2, 0.25) is 0 Å². The molecule has 1 aliphatic rings. The number of aliphatic hydroxyl groups is 2. The van der Waals surface area contributed by atoms with Gasteiger partial charge in [-0.3, -0.25) is 0 Å². The summed E-state index contributed by atoms with van der Waals surface area (Å²) in [6.07, 6.45) is 0.750. The predicted molar refractivity (Wildman–Crippen MR) is 103 cm³/mol. The summed E-state index contributed by atoms with van der Waals surface area (Å²) in [7, 11) is 0. The lowest BCUT2D eigenvalue weighted by Crippen LogP contribution is -2.33. The third-order valence-electron chi connectivity index (χ3n) is 5.08. The van der Waals surface area contributed by atoms with E-state index in [0.717, 1.165) is 17.5 Å². The molecule has 1 heterocycles. The second-order valence-electron chi connectivity index (χ2n) is 7.10. The van der Waals surface area contributed by atoms with Gasteiger partial charge in [-0.1, -0.05) is 47.6 Å². The van der Waals surface area contributed by atoms with Crippen LogP contribution in [0, 0.1) is 6.92 Å². The highest BCUT2D eigenvalue weighted by atomic mass is 16.5. The number of nitrogens with zero attached hydrogens (tertiary/aromatic N) is 1. The van der Waals surface area contributed by atoms with Crippen molar-refractivity contribution in [1.82, 2.24) is 0 Å². The Labute approximate surface area is 158 Å². The molecule has 6 nitrogen and oxygen atoms in total. The van der Waals surface area contributed by atoms with Gasteiger partial charge in [0.05, 0.1) is 24.9 Å². The van der Waals surface area contributed by atoms with Crippen LogP contribution in [0.1, 0.15) is 46.8 Å². The fraction of sp³-hybridized carbons (Fsp3) is 0.381. The van der Waals surface area contributed by atoms with Crippen molar-refractivity contribution in [2.24, 2.45) is 10.9 Å². The van der Waals surface area contributed by atoms with E-state index in [1.165, 1.54) is 11.1 Å². The minimum absolute atomic E-state index is 0.0844. The van der Waals surface area contributed by atoms with Gasteiger partial charge in [-0.05, 0) is 35.6 Å². The van der Waals surface area contributed by atoms with E-state index in [9.17, 15) is 10.2 Å². The van der Waals surface area contributed by atoms with Crippen LogP contribution in [0.2, 0.25) is 0 Å². The molecule has 1 saturated heterocycles. The summed E-state index contributed by atoms with van der Waals surface area (Å²) in [5.41, 5.74) is 10.8. The zero-order chi connectivity index (χ0) is 19.4. The Morgan fingerprint density at radius 1 is 1.19 bits per heavy atom. The van der Waals surface area contributed by atoms with Gasteiger partial charge in [0.1, 0.15) is 0 Å². The van der Waals surface area contributed by atoms with Gasteiger partial charge >= 0.3 is 0 Å². The van der Waals surface area contributed by atoms with Gasteiger partial charge in [0, 0.05) is 18.4 Å². The molecule has 27 heavy (non-hydrogen) atoms. The Hall–Kier alpha value is -2.41. The first kappa shape index (κ1) is 19.4. The molecule has 2 aromatic rings. The van der Waals surface area contributed by atoms with Gasteiger partial charge in [0.25, 0.3) is 0 Å². The number of oxime groups is 1. The largest absolute Gasteiger partial charge is 0.409 e. The molecule has 1 aliphatic heterocycles. The zero-order valence-electron chi connectivity index (χ0n) is 15.4. The molecule has 5 N–H and O–H groups in total. The lowest BCUT2D eigenvalue weighted by Gasteiger charge is -2.32. The summed E-state index contributed by atoms with van der Waals surface area (Å²) >= 11 is 0. The van der Waals surface area contributed by atoms with Crippen LogP contribution in [0.4, 0.5) is 0 Å². The van der Waals surface area contributed by atoms with E-state index in [1.54, 1.807) is 0 Å². The van der Waals surface area contributed by atoms with Crippen molar-refractivity contribution in [3.05, 3.63) is 70.3 Å². The van der Waals surface area contributed by atoms with Crippen molar-refractivity contribution < 1.29 is 20.2 Å². The quantitative estimate of drug-likeness (QED) is 0.279. The highest BCUT2D eigenvalue weighted by Gasteiger charge is 2.29. The molecule has 3 rings (SSSR count). The number of aliphatic hydroxyl groups excluding tert-OH is 2. The number of ether oxygens (including phenoxy) is 1. The summed E-state index contributed by atoms with van der Waals surface area (Å²) in [5, 5.41) is 31.2. The number of hydrogen-bond donors (Lipinski definition) is 4. The van der Waals surface area contributed by atoms with Gasteiger partial charge in [-0.25, -0.2) is 0 Å². The Kier molecular flexibility index (Phi) is 6.11. The summed E-state index contributed by atoms with van der Waals surface area (Å²) in [6.45, 7) is 1.98. The van der Waals surface area contributed by atoms with E-state index < -0.39 is 6.10 Å². The van der Waals surface area contributed by atoms with Crippen LogP contribution in [-0.2, 0) is 11.2 Å². The maximum Gasteiger partial charge on any atom is 0.170 e. The van der Waals surface area contributed by atoms with Crippen LogP contribution in [-0.4, -0.2) is 40.1 Å². The summed E-state index contributed by atoms with van der Waals surface area (Å²) in [5.74, 6) is 0.0890. The van der Waals surface area contributed by atoms with Crippen LogP contribution < -0.4 is 5.73 Å². The molecule has 3 atom stereocenters. The Bertz CT molecular complexity index is 804. The van der Waals surface area contributed by atoms with E-state index >= 15 is 0 Å². The van der Waals surface area contributed by atoms with E-state index in [2.05, 4.69) is 24.2 Å². The number of aryl methyl sites for hydroxylation is 1. The third kappa shape index (κ3) is 4.66. The number of rotatable bonds is 5. The van der Waals surface area contributed by atoms with Gasteiger partial charge in [0.15, 0.2) is 5.84 Å². The molecule has 0 bridgehead atoms. The molecule has 144 valence electrons. The van der Waals surface area contributed by atoms with E-state index in [1.807, 2.05) is 30.3 Å². The van der Waals surface area contributed by atoms with Crippen LogP contribution in [0.5, 0.6) is 0 Å². The van der Waals surface area contributed by atoms with E-state index in [0.29, 0.717) is 18.4 Å². The average molecular weight is 370 g/mol. The molecule has 0 radical (unpaired) electrons. The molecule has 1 fully saturated rings. The predicted octanol–water partition coefficient (Wildman–Crippen LogP) is 2.25. The van der Waals surface area contributed by atoms with Crippen LogP contribution >= 0.6 is 0 Å². The standard InChI is InChI=1S/C21H26N2O4/c1-13-2-5-16(20-11-18(25)10-19(12-24)27-20)9-17(13)8-14-3-6-15(7-4-14)21(22)23-26/h2-7,9,18-20,24-26H,8,10-12H2,1H3,(H2,22,23). The van der Waals surface area contributed by atoms with Gasteiger partial charge in [-0.2, -0.15) is 0 Å². The summed E-state index contributed by atoms with van der Waals surface area (Å²) in [6, 6.07) is 13.8. The van der Waals surface area contributed by atoms with Crippen LogP contribution in [0.25, 0.3) is 0 Å². The van der Waals surface area contributed by atoms with Crippen molar-refractivity contribution in [3.8, 4) is 0 Å². The van der Waals surface area contributed by atoms with Crippen LogP contribution in [0.3, 0.4) is 0 Å². The first-order valence-corrected chi connectivity index (χ1v) is 9.10. The summed E-state index contributed by atoms with van der Waals surface area (Å²) < 4.78 is 5.93. The monoisotopic (exact) mass is 370 g/mol. The van der Waals surface area contributed by atoms with Crippen molar-refractivity contribution in [3.63, 3.8) is 0 Å². The minimum Gasteiger partial charge on any atom is -0.409 e. The Balaban J connectivity index is 1.79. The molecule has 2 aromatic carbocycles. The third-order valence-corrected chi connectivity index (χ3v) is 5.08. The topological polar surface area (TPSA) is 108 Å². The second-order valence-corrected chi connectivity index (χ2v) is 7.10. The highest BCUT2D eigenvalue weighted by molar-refractivity contribution is 5.96. The number of amidine groups is 1. The molecule has 3 unspecified atom stereocenters.